The van der Waals surface area contributed by atoms with Gasteiger partial charge in [0.05, 0.1) is 17.3 Å². The Kier molecular flexibility index (Phi) is 1.97. The Bertz CT molecular complexity index is 986. The second-order valence-corrected chi connectivity index (χ2v) is 4.51. The molecule has 0 unspecified atom stereocenters. The van der Waals surface area contributed by atoms with Crippen molar-refractivity contribution in [2.24, 2.45) is 0 Å². The largest absolute Gasteiger partial charge is 0.464 e. The molecular formula is C16H9NO2. The third kappa shape index (κ3) is 1.52. The SMILES string of the molecule is O=c1cccc2nc3cc4occcc4cc3cc12. The van der Waals surface area contributed by atoms with Crippen molar-refractivity contribution in [2.75, 3.05) is 0 Å². The van der Waals surface area contributed by atoms with Crippen LogP contribution in [0, 0.1) is 0 Å². The molecule has 3 nitrogen and oxygen atoms in total. The summed E-state index contributed by atoms with van der Waals surface area (Å²) in [7, 11) is 0. The van der Waals surface area contributed by atoms with E-state index in [1.54, 1.807) is 18.4 Å². The van der Waals surface area contributed by atoms with Gasteiger partial charge in [-0.25, -0.2) is 4.98 Å². The third-order valence-electron chi connectivity index (χ3n) is 3.29. The van der Waals surface area contributed by atoms with E-state index in [9.17, 15) is 4.79 Å². The van der Waals surface area contributed by atoms with E-state index in [1.165, 1.54) is 0 Å². The molecule has 0 aliphatic carbocycles. The maximum absolute atomic E-state index is 11.8. The van der Waals surface area contributed by atoms with Gasteiger partial charge in [0.1, 0.15) is 5.58 Å². The molecule has 2 aromatic carbocycles. The van der Waals surface area contributed by atoms with Crippen LogP contribution in [-0.2, 0) is 0 Å². The van der Waals surface area contributed by atoms with Crippen molar-refractivity contribution in [1.82, 2.24) is 4.98 Å². The molecule has 2 heterocycles. The molecular weight excluding hydrogens is 238 g/mol. The van der Waals surface area contributed by atoms with Crippen LogP contribution in [0.5, 0.6) is 0 Å². The first-order chi connectivity index (χ1) is 9.31. The maximum atomic E-state index is 11.8. The van der Waals surface area contributed by atoms with Crippen LogP contribution in [0.1, 0.15) is 0 Å². The highest BCUT2D eigenvalue weighted by molar-refractivity contribution is 5.99. The van der Waals surface area contributed by atoms with Crippen LogP contribution < -0.4 is 5.43 Å². The Hall–Kier alpha value is -2.68. The lowest BCUT2D eigenvalue weighted by atomic mass is 10.1. The maximum Gasteiger partial charge on any atom is 0.188 e. The second kappa shape index (κ2) is 3.65. The quantitative estimate of drug-likeness (QED) is 0.447. The van der Waals surface area contributed by atoms with E-state index in [1.807, 2.05) is 36.4 Å². The van der Waals surface area contributed by atoms with Crippen molar-refractivity contribution in [3.8, 4) is 0 Å². The fourth-order valence-corrected chi connectivity index (χ4v) is 2.36. The van der Waals surface area contributed by atoms with Crippen LogP contribution in [0.2, 0.25) is 0 Å². The molecule has 0 aliphatic heterocycles. The molecule has 90 valence electrons. The predicted octanol–water partition coefficient (Wildman–Crippen LogP) is 3.49. The molecule has 0 radical (unpaired) electrons. The van der Waals surface area contributed by atoms with E-state index in [2.05, 4.69) is 4.98 Å². The van der Waals surface area contributed by atoms with Crippen molar-refractivity contribution in [2.45, 2.75) is 0 Å². The summed E-state index contributed by atoms with van der Waals surface area (Å²) in [5.74, 6) is 0. The van der Waals surface area contributed by atoms with Crippen molar-refractivity contribution < 1.29 is 4.42 Å². The monoisotopic (exact) mass is 247 g/mol. The molecule has 19 heavy (non-hydrogen) atoms. The Labute approximate surface area is 108 Å². The standard InChI is InChI=1S/C16H9NO2/c18-15-5-1-4-13-12(15)8-11-7-10-3-2-6-19-16(10)9-14(11)17-13/h1-9H. The van der Waals surface area contributed by atoms with E-state index >= 15 is 0 Å². The molecule has 0 spiro atoms. The molecule has 0 aliphatic rings. The van der Waals surface area contributed by atoms with Gasteiger partial charge in [0.25, 0.3) is 0 Å². The summed E-state index contributed by atoms with van der Waals surface area (Å²) in [4.78, 5) is 16.4. The lowest BCUT2D eigenvalue weighted by Crippen LogP contribution is -1.99. The first kappa shape index (κ1) is 10.3. The molecule has 0 N–H and O–H groups in total. The van der Waals surface area contributed by atoms with Gasteiger partial charge in [-0.3, -0.25) is 4.79 Å². The lowest BCUT2D eigenvalue weighted by Gasteiger charge is -2.03. The average Bonchev–Trinajstić information content (AvgIpc) is 2.44. The number of rotatable bonds is 0. The minimum atomic E-state index is 0.00439. The normalized spacial score (nSPS) is 11.4. The summed E-state index contributed by atoms with van der Waals surface area (Å²) >= 11 is 0. The van der Waals surface area contributed by atoms with E-state index < -0.39 is 0 Å². The van der Waals surface area contributed by atoms with Crippen LogP contribution in [-0.4, -0.2) is 4.98 Å². The average molecular weight is 247 g/mol. The molecule has 0 atom stereocenters. The molecule has 4 rings (SSSR count). The number of benzene rings is 2. The highest BCUT2D eigenvalue weighted by Crippen LogP contribution is 2.23. The van der Waals surface area contributed by atoms with Crippen LogP contribution in [0.4, 0.5) is 0 Å². The first-order valence-corrected chi connectivity index (χ1v) is 6.02. The van der Waals surface area contributed by atoms with Crippen LogP contribution >= 0.6 is 0 Å². The van der Waals surface area contributed by atoms with Crippen molar-refractivity contribution in [3.05, 3.63) is 65.0 Å². The van der Waals surface area contributed by atoms with Gasteiger partial charge in [-0.1, -0.05) is 6.07 Å². The van der Waals surface area contributed by atoms with Gasteiger partial charge in [0.2, 0.25) is 0 Å². The van der Waals surface area contributed by atoms with Gasteiger partial charge in [-0.2, -0.15) is 0 Å². The lowest BCUT2D eigenvalue weighted by molar-refractivity contribution is 0.604. The Morgan fingerprint density at radius 1 is 0.895 bits per heavy atom. The molecule has 0 saturated carbocycles. The summed E-state index contributed by atoms with van der Waals surface area (Å²) in [6.45, 7) is 0. The number of nitrogens with zero attached hydrogens (tertiary/aromatic N) is 1. The van der Waals surface area contributed by atoms with E-state index in [0.29, 0.717) is 5.39 Å². The Morgan fingerprint density at radius 3 is 2.79 bits per heavy atom. The Morgan fingerprint density at radius 2 is 1.84 bits per heavy atom. The number of aromatic nitrogens is 1. The van der Waals surface area contributed by atoms with Gasteiger partial charge in [0, 0.05) is 22.2 Å². The summed E-state index contributed by atoms with van der Waals surface area (Å²) in [5.41, 5.74) is 2.35. The molecule has 3 heteroatoms. The predicted molar refractivity (Wildman–Crippen MR) is 75.3 cm³/mol. The summed E-state index contributed by atoms with van der Waals surface area (Å²) in [5, 5.41) is 2.60. The van der Waals surface area contributed by atoms with Crippen molar-refractivity contribution >= 4 is 32.8 Å². The number of hydrogen-bond acceptors (Lipinski definition) is 3. The van der Waals surface area contributed by atoms with Gasteiger partial charge in [-0.15, -0.1) is 0 Å². The van der Waals surface area contributed by atoms with Crippen molar-refractivity contribution in [3.63, 3.8) is 0 Å². The Balaban J connectivity index is 2.23. The van der Waals surface area contributed by atoms with Gasteiger partial charge < -0.3 is 4.42 Å². The zero-order valence-corrected chi connectivity index (χ0v) is 9.96. The minimum Gasteiger partial charge on any atom is -0.464 e. The van der Waals surface area contributed by atoms with E-state index in [4.69, 9.17) is 4.42 Å². The fourth-order valence-electron chi connectivity index (χ4n) is 2.36. The zero-order chi connectivity index (χ0) is 12.8. The molecule has 0 amide bonds. The molecule has 0 fully saturated rings. The van der Waals surface area contributed by atoms with Crippen LogP contribution in [0.15, 0.2) is 64.0 Å². The molecule has 2 aromatic heterocycles. The molecule has 0 bridgehead atoms. The molecule has 0 saturated heterocycles. The summed E-state index contributed by atoms with van der Waals surface area (Å²) in [6, 6.07) is 14.8. The zero-order valence-electron chi connectivity index (χ0n) is 9.96. The summed E-state index contributed by atoms with van der Waals surface area (Å²) < 4.78 is 5.45. The second-order valence-electron chi connectivity index (χ2n) is 4.51. The molecule has 4 aromatic rings. The number of fused-ring (bicyclic) bond motifs is 3. The minimum absolute atomic E-state index is 0.00439. The number of hydrogen-bond donors (Lipinski definition) is 0. The highest BCUT2D eigenvalue weighted by Gasteiger charge is 2.04. The van der Waals surface area contributed by atoms with Crippen molar-refractivity contribution in [1.29, 1.82) is 0 Å². The summed E-state index contributed by atoms with van der Waals surface area (Å²) in [6.07, 6.45) is 1.64. The topological polar surface area (TPSA) is 43.1 Å². The van der Waals surface area contributed by atoms with E-state index in [-0.39, 0.29) is 5.43 Å². The van der Waals surface area contributed by atoms with Gasteiger partial charge in [-0.05, 0) is 36.4 Å². The van der Waals surface area contributed by atoms with Crippen LogP contribution in [0.3, 0.4) is 0 Å². The third-order valence-corrected chi connectivity index (χ3v) is 3.29. The van der Waals surface area contributed by atoms with E-state index in [0.717, 1.165) is 27.4 Å². The highest BCUT2D eigenvalue weighted by atomic mass is 16.3. The van der Waals surface area contributed by atoms with Gasteiger partial charge >= 0.3 is 0 Å². The smallest absolute Gasteiger partial charge is 0.188 e. The van der Waals surface area contributed by atoms with Gasteiger partial charge in [0.15, 0.2) is 5.43 Å². The van der Waals surface area contributed by atoms with Crippen LogP contribution in [0.25, 0.3) is 32.8 Å². The fraction of sp³-hybridized carbons (Fsp3) is 0. The number of pyridine rings is 1. The first-order valence-electron chi connectivity index (χ1n) is 6.02.